The van der Waals surface area contributed by atoms with Crippen LogP contribution in [-0.4, -0.2) is 27.2 Å². The molecule has 84 valence electrons. The molecule has 1 unspecified atom stereocenters. The van der Waals surface area contributed by atoms with E-state index in [1.807, 2.05) is 6.07 Å². The molecule has 1 atom stereocenters. The number of aliphatic hydroxyl groups excluding tert-OH is 1. The zero-order chi connectivity index (χ0) is 11.3. The summed E-state index contributed by atoms with van der Waals surface area (Å²) in [7, 11) is 0. The fraction of sp³-hybridized carbons (Fsp3) is 0.545. The molecule has 0 fully saturated rings. The summed E-state index contributed by atoms with van der Waals surface area (Å²) in [6.07, 6.45) is 3.57. The molecule has 1 N–H and O–H groups in total. The first-order valence-electron chi connectivity index (χ1n) is 4.97. The van der Waals surface area contributed by atoms with Crippen LogP contribution in [0.5, 0.6) is 0 Å². The monoisotopic (exact) mass is 245 g/mol. The van der Waals surface area contributed by atoms with Crippen LogP contribution in [0.15, 0.2) is 18.5 Å². The summed E-state index contributed by atoms with van der Waals surface area (Å²) in [5, 5.41) is 11.0. The van der Waals surface area contributed by atoms with Crippen LogP contribution in [-0.2, 0) is 6.42 Å². The van der Waals surface area contributed by atoms with Gasteiger partial charge in [-0.3, -0.25) is 4.98 Å². The summed E-state index contributed by atoms with van der Waals surface area (Å²) in [4.78, 5) is 3.91. The van der Waals surface area contributed by atoms with Crippen LogP contribution in [0, 0.1) is 0 Å². The molecule has 0 saturated carbocycles. The molecule has 0 aliphatic carbocycles. The van der Waals surface area contributed by atoms with Crippen molar-refractivity contribution in [3.8, 4) is 0 Å². The Kier molecular flexibility index (Phi) is 5.43. The first-order chi connectivity index (χ1) is 7.09. The second-order valence-corrected chi connectivity index (χ2v) is 5.72. The summed E-state index contributed by atoms with van der Waals surface area (Å²) in [6.45, 7) is 4.24. The molecule has 15 heavy (non-hydrogen) atoms. The van der Waals surface area contributed by atoms with Gasteiger partial charge in [-0.2, -0.15) is 11.8 Å². The number of aromatic nitrogens is 1. The van der Waals surface area contributed by atoms with Gasteiger partial charge < -0.3 is 5.11 Å². The molecule has 0 bridgehead atoms. The fourth-order valence-corrected chi connectivity index (χ4v) is 2.11. The van der Waals surface area contributed by atoms with Gasteiger partial charge in [0.15, 0.2) is 0 Å². The average Bonchev–Trinajstić information content (AvgIpc) is 2.18. The number of thioether (sulfide) groups is 1. The van der Waals surface area contributed by atoms with Crippen molar-refractivity contribution in [3.05, 3.63) is 29.0 Å². The predicted molar refractivity (Wildman–Crippen MR) is 66.6 cm³/mol. The van der Waals surface area contributed by atoms with Gasteiger partial charge in [-0.1, -0.05) is 25.4 Å². The van der Waals surface area contributed by atoms with Gasteiger partial charge in [-0.05, 0) is 16.9 Å². The van der Waals surface area contributed by atoms with Crippen molar-refractivity contribution < 1.29 is 5.11 Å². The zero-order valence-electron chi connectivity index (χ0n) is 8.98. The molecule has 4 heteroatoms. The SMILES string of the molecule is CC(C)SCC(O)Cc1ccncc1Cl. The van der Waals surface area contributed by atoms with Crippen molar-refractivity contribution in [1.82, 2.24) is 4.98 Å². The standard InChI is InChI=1S/C11H16ClNOS/c1-8(2)15-7-10(14)5-9-3-4-13-6-11(9)12/h3-4,6,8,10,14H,5,7H2,1-2H3. The Balaban J connectivity index is 2.44. The van der Waals surface area contributed by atoms with Crippen molar-refractivity contribution in [3.63, 3.8) is 0 Å². The molecule has 0 amide bonds. The number of hydrogen-bond acceptors (Lipinski definition) is 3. The van der Waals surface area contributed by atoms with E-state index >= 15 is 0 Å². The van der Waals surface area contributed by atoms with Crippen LogP contribution in [0.2, 0.25) is 5.02 Å². The van der Waals surface area contributed by atoms with Crippen LogP contribution < -0.4 is 0 Å². The smallest absolute Gasteiger partial charge is 0.0671 e. The third kappa shape index (κ3) is 4.87. The van der Waals surface area contributed by atoms with Crippen molar-refractivity contribution in [1.29, 1.82) is 0 Å². The second-order valence-electron chi connectivity index (χ2n) is 3.71. The molecule has 1 aromatic rings. The van der Waals surface area contributed by atoms with E-state index in [2.05, 4.69) is 18.8 Å². The summed E-state index contributed by atoms with van der Waals surface area (Å²) < 4.78 is 0. The minimum absolute atomic E-state index is 0.336. The highest BCUT2D eigenvalue weighted by molar-refractivity contribution is 7.99. The number of halogens is 1. The zero-order valence-corrected chi connectivity index (χ0v) is 10.6. The van der Waals surface area contributed by atoms with Gasteiger partial charge in [0.1, 0.15) is 0 Å². The first kappa shape index (κ1) is 12.8. The highest BCUT2D eigenvalue weighted by Gasteiger charge is 2.09. The van der Waals surface area contributed by atoms with E-state index in [1.165, 1.54) is 0 Å². The third-order valence-corrected chi connectivity index (χ3v) is 3.52. The summed E-state index contributed by atoms with van der Waals surface area (Å²) >= 11 is 7.71. The summed E-state index contributed by atoms with van der Waals surface area (Å²) in [5.41, 5.74) is 0.962. The van der Waals surface area contributed by atoms with Crippen molar-refractivity contribution in [2.45, 2.75) is 31.6 Å². The van der Waals surface area contributed by atoms with Gasteiger partial charge in [0, 0.05) is 24.6 Å². The lowest BCUT2D eigenvalue weighted by atomic mass is 10.1. The van der Waals surface area contributed by atoms with Gasteiger partial charge in [-0.25, -0.2) is 0 Å². The highest BCUT2D eigenvalue weighted by Crippen LogP contribution is 2.18. The van der Waals surface area contributed by atoms with Crippen LogP contribution in [0.3, 0.4) is 0 Å². The molecule has 0 aliphatic heterocycles. The molecule has 1 heterocycles. The maximum Gasteiger partial charge on any atom is 0.0671 e. The van der Waals surface area contributed by atoms with E-state index < -0.39 is 0 Å². The number of nitrogens with zero attached hydrogens (tertiary/aromatic N) is 1. The van der Waals surface area contributed by atoms with Crippen LogP contribution >= 0.6 is 23.4 Å². The summed E-state index contributed by atoms with van der Waals surface area (Å²) in [5.74, 6) is 0.746. The molecular weight excluding hydrogens is 230 g/mol. The molecule has 0 saturated heterocycles. The number of hydrogen-bond donors (Lipinski definition) is 1. The van der Waals surface area contributed by atoms with Crippen molar-refractivity contribution in [2.24, 2.45) is 0 Å². The predicted octanol–water partition coefficient (Wildman–Crippen LogP) is 2.78. The van der Waals surface area contributed by atoms with E-state index in [9.17, 15) is 5.11 Å². The minimum atomic E-state index is -0.336. The number of rotatable bonds is 5. The molecule has 0 spiro atoms. The lowest BCUT2D eigenvalue weighted by Gasteiger charge is -2.12. The average molecular weight is 246 g/mol. The summed E-state index contributed by atoms with van der Waals surface area (Å²) in [6, 6.07) is 1.85. The van der Waals surface area contributed by atoms with E-state index in [-0.39, 0.29) is 6.10 Å². The van der Waals surface area contributed by atoms with Crippen LogP contribution in [0.1, 0.15) is 19.4 Å². The van der Waals surface area contributed by atoms with E-state index in [4.69, 9.17) is 11.6 Å². The van der Waals surface area contributed by atoms with Crippen molar-refractivity contribution >= 4 is 23.4 Å². The van der Waals surface area contributed by atoms with E-state index in [1.54, 1.807) is 24.2 Å². The Labute approximate surface area is 100 Å². The Hall–Kier alpha value is -0.250. The van der Waals surface area contributed by atoms with Gasteiger partial charge in [0.2, 0.25) is 0 Å². The van der Waals surface area contributed by atoms with Gasteiger partial charge in [0.05, 0.1) is 11.1 Å². The first-order valence-corrected chi connectivity index (χ1v) is 6.40. The van der Waals surface area contributed by atoms with E-state index in [0.29, 0.717) is 16.7 Å². The van der Waals surface area contributed by atoms with Gasteiger partial charge in [-0.15, -0.1) is 0 Å². The van der Waals surface area contributed by atoms with Crippen LogP contribution in [0.25, 0.3) is 0 Å². The maximum atomic E-state index is 9.78. The Morgan fingerprint density at radius 2 is 2.27 bits per heavy atom. The van der Waals surface area contributed by atoms with Crippen LogP contribution in [0.4, 0.5) is 0 Å². The van der Waals surface area contributed by atoms with Crippen molar-refractivity contribution in [2.75, 3.05) is 5.75 Å². The number of aliphatic hydroxyl groups is 1. The molecular formula is C11H16ClNOS. The maximum absolute atomic E-state index is 9.78. The molecule has 0 radical (unpaired) electrons. The third-order valence-electron chi connectivity index (χ3n) is 1.93. The number of pyridine rings is 1. The Morgan fingerprint density at radius 1 is 1.53 bits per heavy atom. The lowest BCUT2D eigenvalue weighted by Crippen LogP contribution is -2.15. The quantitative estimate of drug-likeness (QED) is 0.866. The minimum Gasteiger partial charge on any atom is -0.392 e. The lowest BCUT2D eigenvalue weighted by molar-refractivity contribution is 0.200. The normalized spacial score (nSPS) is 13.1. The highest BCUT2D eigenvalue weighted by atomic mass is 35.5. The fourth-order valence-electron chi connectivity index (χ4n) is 1.19. The van der Waals surface area contributed by atoms with Gasteiger partial charge >= 0.3 is 0 Å². The Morgan fingerprint density at radius 3 is 2.87 bits per heavy atom. The Bertz CT molecular complexity index is 306. The second kappa shape index (κ2) is 6.36. The molecule has 0 aliphatic rings. The van der Waals surface area contributed by atoms with Gasteiger partial charge in [0.25, 0.3) is 0 Å². The topological polar surface area (TPSA) is 33.1 Å². The molecule has 2 nitrogen and oxygen atoms in total. The molecule has 1 aromatic heterocycles. The molecule has 0 aromatic carbocycles. The van der Waals surface area contributed by atoms with E-state index in [0.717, 1.165) is 11.3 Å². The molecule has 1 rings (SSSR count). The largest absolute Gasteiger partial charge is 0.392 e.